The molecule has 4 aromatic rings. The maximum atomic E-state index is 13.4. The van der Waals surface area contributed by atoms with Crippen molar-refractivity contribution < 1.29 is 4.42 Å². The van der Waals surface area contributed by atoms with Gasteiger partial charge in [0, 0.05) is 23.9 Å². The number of para-hydroxylation sites is 1. The fraction of sp³-hybridized carbons (Fsp3) is 0.148. The molecule has 0 amide bonds. The molecule has 0 saturated heterocycles. The minimum Gasteiger partial charge on any atom is -0.422 e. The third kappa shape index (κ3) is 3.13. The van der Waals surface area contributed by atoms with Crippen molar-refractivity contribution in [2.45, 2.75) is 19.3 Å². The Hall–Kier alpha value is -3.59. The number of aryl methyl sites for hydroxylation is 1. The monoisotopic (exact) mass is 393 g/mol. The Balaban J connectivity index is 1.85. The van der Waals surface area contributed by atoms with Gasteiger partial charge in [-0.25, -0.2) is 4.79 Å². The predicted octanol–water partition coefficient (Wildman–Crippen LogP) is 6.23. The van der Waals surface area contributed by atoms with E-state index >= 15 is 0 Å². The number of nitrogens with zero attached hydrogens (tertiary/aromatic N) is 1. The molecule has 0 unspecified atom stereocenters. The van der Waals surface area contributed by atoms with E-state index in [4.69, 9.17) is 4.42 Å². The fourth-order valence-corrected chi connectivity index (χ4v) is 4.44. The summed E-state index contributed by atoms with van der Waals surface area (Å²) >= 11 is 0. The summed E-state index contributed by atoms with van der Waals surface area (Å²) in [5, 5.41) is 0. The smallest absolute Gasteiger partial charge is 0.346 e. The first-order chi connectivity index (χ1) is 14.7. The highest BCUT2D eigenvalue weighted by Crippen LogP contribution is 2.42. The van der Waals surface area contributed by atoms with Crippen LogP contribution in [0.5, 0.6) is 0 Å². The van der Waals surface area contributed by atoms with E-state index in [2.05, 4.69) is 35.2 Å². The van der Waals surface area contributed by atoms with Crippen molar-refractivity contribution >= 4 is 11.4 Å². The van der Waals surface area contributed by atoms with Gasteiger partial charge in [-0.3, -0.25) is 0 Å². The van der Waals surface area contributed by atoms with Gasteiger partial charge in [-0.1, -0.05) is 72.8 Å². The molecule has 0 radical (unpaired) electrons. The molecule has 3 aromatic carbocycles. The van der Waals surface area contributed by atoms with Gasteiger partial charge in [0.1, 0.15) is 5.76 Å². The molecule has 1 heterocycles. The first-order valence-electron chi connectivity index (χ1n) is 10.4. The van der Waals surface area contributed by atoms with Crippen LogP contribution >= 0.6 is 0 Å². The Morgan fingerprint density at radius 3 is 2.23 bits per heavy atom. The molecular weight excluding hydrogens is 370 g/mol. The zero-order valence-corrected chi connectivity index (χ0v) is 17.0. The van der Waals surface area contributed by atoms with Crippen LogP contribution in [-0.2, 0) is 12.8 Å². The average molecular weight is 393 g/mol. The van der Waals surface area contributed by atoms with Gasteiger partial charge in [-0.05, 0) is 42.5 Å². The Morgan fingerprint density at radius 1 is 0.800 bits per heavy atom. The van der Waals surface area contributed by atoms with Crippen LogP contribution in [0.15, 0.2) is 94.1 Å². The van der Waals surface area contributed by atoms with Crippen LogP contribution in [0.3, 0.4) is 0 Å². The van der Waals surface area contributed by atoms with E-state index in [0.717, 1.165) is 47.3 Å². The van der Waals surface area contributed by atoms with Crippen molar-refractivity contribution in [3.8, 4) is 22.5 Å². The lowest BCUT2D eigenvalue weighted by Crippen LogP contribution is -2.19. The van der Waals surface area contributed by atoms with Gasteiger partial charge in [0.25, 0.3) is 0 Å². The number of hydrogen-bond donors (Lipinski definition) is 0. The standard InChI is InChI=1S/C27H23NO2/c1-28(21-15-6-3-7-16-21)25-23-18-10-14-19-11-8-9-17-22(19)26(23)30-27(29)24(25)20-12-4-2-5-13-20/h2-9,11-13,15-17H,10,14,18H2,1H3. The highest BCUT2D eigenvalue weighted by Gasteiger charge is 2.27. The summed E-state index contributed by atoms with van der Waals surface area (Å²) in [6, 6.07) is 28.3. The Bertz CT molecular complexity index is 1240. The molecule has 30 heavy (non-hydrogen) atoms. The second-order valence-corrected chi connectivity index (χ2v) is 7.69. The van der Waals surface area contributed by atoms with Crippen LogP contribution in [0, 0.1) is 0 Å². The van der Waals surface area contributed by atoms with E-state index in [1.54, 1.807) is 0 Å². The van der Waals surface area contributed by atoms with Gasteiger partial charge in [0.05, 0.1) is 11.3 Å². The average Bonchev–Trinajstić information content (AvgIpc) is 2.98. The summed E-state index contributed by atoms with van der Waals surface area (Å²) in [5.74, 6) is 0.713. The third-order valence-electron chi connectivity index (χ3n) is 5.87. The Labute approximate surface area is 176 Å². The van der Waals surface area contributed by atoms with E-state index in [1.807, 2.05) is 61.6 Å². The van der Waals surface area contributed by atoms with Crippen LogP contribution in [0.25, 0.3) is 22.5 Å². The number of hydrogen-bond acceptors (Lipinski definition) is 3. The first-order valence-corrected chi connectivity index (χ1v) is 10.4. The molecule has 0 fully saturated rings. The van der Waals surface area contributed by atoms with Gasteiger partial charge < -0.3 is 9.32 Å². The lowest BCUT2D eigenvalue weighted by Gasteiger charge is -2.26. The minimum atomic E-state index is -0.297. The molecule has 0 bridgehead atoms. The largest absolute Gasteiger partial charge is 0.422 e. The molecule has 1 aliphatic carbocycles. The van der Waals surface area contributed by atoms with Crippen LogP contribution in [-0.4, -0.2) is 7.05 Å². The Kier molecular flexibility index (Phi) is 4.72. The molecule has 3 heteroatoms. The third-order valence-corrected chi connectivity index (χ3v) is 5.87. The van der Waals surface area contributed by atoms with E-state index in [9.17, 15) is 4.79 Å². The lowest BCUT2D eigenvalue weighted by molar-refractivity contribution is 0.523. The number of rotatable bonds is 3. The molecule has 5 rings (SSSR count). The SMILES string of the molecule is CN(c1ccccc1)c1c2c(oc(=O)c1-c1ccccc1)-c1ccccc1CCC2. The molecule has 0 spiro atoms. The summed E-state index contributed by atoms with van der Waals surface area (Å²) < 4.78 is 6.04. The molecule has 0 N–H and O–H groups in total. The second-order valence-electron chi connectivity index (χ2n) is 7.69. The van der Waals surface area contributed by atoms with Crippen molar-refractivity contribution in [2.75, 3.05) is 11.9 Å². The van der Waals surface area contributed by atoms with Gasteiger partial charge in [0.15, 0.2) is 0 Å². The summed E-state index contributed by atoms with van der Waals surface area (Å²) in [6.45, 7) is 0. The predicted molar refractivity (Wildman–Crippen MR) is 122 cm³/mol. The number of benzene rings is 3. The minimum absolute atomic E-state index is 0.297. The lowest BCUT2D eigenvalue weighted by atomic mass is 9.96. The topological polar surface area (TPSA) is 33.5 Å². The van der Waals surface area contributed by atoms with Crippen molar-refractivity contribution in [3.63, 3.8) is 0 Å². The number of fused-ring (bicyclic) bond motifs is 3. The zero-order chi connectivity index (χ0) is 20.5. The van der Waals surface area contributed by atoms with E-state index < -0.39 is 0 Å². The quantitative estimate of drug-likeness (QED) is 0.414. The second kappa shape index (κ2) is 7.68. The maximum absolute atomic E-state index is 13.4. The van der Waals surface area contributed by atoms with E-state index in [-0.39, 0.29) is 5.63 Å². The van der Waals surface area contributed by atoms with Crippen molar-refractivity contribution in [3.05, 3.63) is 106 Å². The summed E-state index contributed by atoms with van der Waals surface area (Å²) in [5.41, 5.74) is 6.56. The van der Waals surface area contributed by atoms with Crippen molar-refractivity contribution in [2.24, 2.45) is 0 Å². The van der Waals surface area contributed by atoms with Gasteiger partial charge in [0.2, 0.25) is 0 Å². The maximum Gasteiger partial charge on any atom is 0.346 e. The van der Waals surface area contributed by atoms with Gasteiger partial charge in [-0.2, -0.15) is 0 Å². The molecule has 0 saturated carbocycles. The van der Waals surface area contributed by atoms with Crippen LogP contribution in [0.1, 0.15) is 17.5 Å². The van der Waals surface area contributed by atoms with Crippen LogP contribution in [0.4, 0.5) is 11.4 Å². The molecule has 3 nitrogen and oxygen atoms in total. The molecular formula is C27H23NO2. The molecule has 148 valence electrons. The van der Waals surface area contributed by atoms with E-state index in [1.165, 1.54) is 5.56 Å². The van der Waals surface area contributed by atoms with Crippen LogP contribution in [0.2, 0.25) is 0 Å². The van der Waals surface area contributed by atoms with Crippen molar-refractivity contribution in [1.29, 1.82) is 0 Å². The normalized spacial score (nSPS) is 12.6. The van der Waals surface area contributed by atoms with Crippen LogP contribution < -0.4 is 10.5 Å². The summed E-state index contributed by atoms with van der Waals surface area (Å²) in [6.07, 6.45) is 2.85. The van der Waals surface area contributed by atoms with Gasteiger partial charge in [-0.15, -0.1) is 0 Å². The highest BCUT2D eigenvalue weighted by atomic mass is 16.4. The summed E-state index contributed by atoms with van der Waals surface area (Å²) in [7, 11) is 2.04. The molecule has 1 aliphatic rings. The van der Waals surface area contributed by atoms with E-state index in [0.29, 0.717) is 11.3 Å². The van der Waals surface area contributed by atoms with Gasteiger partial charge >= 0.3 is 5.63 Å². The fourth-order valence-electron chi connectivity index (χ4n) is 4.44. The Morgan fingerprint density at radius 2 is 1.47 bits per heavy atom. The number of anilines is 2. The zero-order valence-electron chi connectivity index (χ0n) is 17.0. The highest BCUT2D eigenvalue weighted by molar-refractivity contribution is 5.87. The first kappa shape index (κ1) is 18.4. The molecule has 0 atom stereocenters. The molecule has 1 aromatic heterocycles. The molecule has 0 aliphatic heterocycles. The summed E-state index contributed by atoms with van der Waals surface area (Å²) in [4.78, 5) is 15.5. The van der Waals surface area contributed by atoms with Crippen molar-refractivity contribution in [1.82, 2.24) is 0 Å².